The predicted octanol–water partition coefficient (Wildman–Crippen LogP) is 3.28. The Morgan fingerprint density at radius 1 is 1.15 bits per heavy atom. The molecule has 1 unspecified atom stereocenters. The van der Waals surface area contributed by atoms with Gasteiger partial charge in [-0.1, -0.05) is 65.0 Å². The highest BCUT2D eigenvalue weighted by Crippen LogP contribution is 2.29. The van der Waals surface area contributed by atoms with E-state index in [1.807, 2.05) is 32.0 Å². The third kappa shape index (κ3) is 6.71. The monoisotopic (exact) mass is 276 g/mol. The van der Waals surface area contributed by atoms with E-state index in [9.17, 15) is 4.79 Å². The van der Waals surface area contributed by atoms with Crippen LogP contribution >= 0.6 is 0 Å². The van der Waals surface area contributed by atoms with Gasteiger partial charge in [-0.15, -0.1) is 0 Å². The fourth-order valence-electron chi connectivity index (χ4n) is 2.09. The molecule has 0 heterocycles. The van der Waals surface area contributed by atoms with Crippen LogP contribution in [0.5, 0.6) is 0 Å². The first-order valence-corrected chi connectivity index (χ1v) is 7.35. The molecule has 1 aromatic rings. The zero-order valence-electron chi connectivity index (χ0n) is 13.4. The maximum absolute atomic E-state index is 12.0. The van der Waals surface area contributed by atoms with E-state index in [-0.39, 0.29) is 17.4 Å². The first kappa shape index (κ1) is 16.7. The van der Waals surface area contributed by atoms with Gasteiger partial charge in [0.25, 0.3) is 0 Å². The fraction of sp³-hybridized carbons (Fsp3) is 0.588. The number of nitrogens with one attached hydrogen (secondary N) is 2. The minimum absolute atomic E-state index is 0.0526. The maximum atomic E-state index is 12.0. The highest BCUT2D eigenvalue weighted by Gasteiger charge is 2.21. The van der Waals surface area contributed by atoms with E-state index in [1.165, 1.54) is 5.56 Å². The van der Waals surface area contributed by atoms with Crippen molar-refractivity contribution in [2.75, 3.05) is 6.54 Å². The zero-order valence-corrected chi connectivity index (χ0v) is 13.4. The Bertz CT molecular complexity index is 407. The molecule has 2 N–H and O–H groups in total. The third-order valence-corrected chi connectivity index (χ3v) is 3.02. The standard InChI is InChI=1S/C17H28N2O/c1-13(2)18-12-16(20)19-15(11-17(3,4)5)14-9-7-6-8-10-14/h6-10,13,15,18H,11-12H2,1-5H3,(H,19,20). The molecule has 0 aliphatic rings. The number of hydrogen-bond acceptors (Lipinski definition) is 2. The van der Waals surface area contributed by atoms with Crippen molar-refractivity contribution < 1.29 is 4.79 Å². The summed E-state index contributed by atoms with van der Waals surface area (Å²) < 4.78 is 0. The molecule has 0 radical (unpaired) electrons. The Morgan fingerprint density at radius 2 is 1.75 bits per heavy atom. The van der Waals surface area contributed by atoms with Gasteiger partial charge < -0.3 is 10.6 Å². The molecular weight excluding hydrogens is 248 g/mol. The van der Waals surface area contributed by atoms with E-state index in [4.69, 9.17) is 0 Å². The van der Waals surface area contributed by atoms with Crippen molar-refractivity contribution in [2.24, 2.45) is 5.41 Å². The molecule has 20 heavy (non-hydrogen) atoms. The summed E-state index contributed by atoms with van der Waals surface area (Å²) in [4.78, 5) is 12.0. The number of benzene rings is 1. The summed E-state index contributed by atoms with van der Waals surface area (Å²) in [5, 5.41) is 6.30. The molecule has 0 aliphatic carbocycles. The summed E-state index contributed by atoms with van der Waals surface area (Å²) in [5.41, 5.74) is 1.33. The van der Waals surface area contributed by atoms with E-state index in [2.05, 4.69) is 43.5 Å². The number of carbonyl (C=O) groups is 1. The molecule has 0 saturated carbocycles. The highest BCUT2D eigenvalue weighted by atomic mass is 16.1. The Balaban J connectivity index is 2.71. The second-order valence-corrected chi connectivity index (χ2v) is 6.83. The first-order chi connectivity index (χ1) is 9.28. The van der Waals surface area contributed by atoms with Crippen LogP contribution < -0.4 is 10.6 Å². The van der Waals surface area contributed by atoms with Gasteiger partial charge in [0.15, 0.2) is 0 Å². The van der Waals surface area contributed by atoms with Crippen LogP contribution in [0.25, 0.3) is 0 Å². The van der Waals surface area contributed by atoms with Crippen molar-refractivity contribution in [1.29, 1.82) is 0 Å². The quantitative estimate of drug-likeness (QED) is 0.837. The molecule has 1 atom stereocenters. The zero-order chi connectivity index (χ0) is 15.2. The molecule has 0 bridgehead atoms. The van der Waals surface area contributed by atoms with Crippen LogP contribution in [-0.2, 0) is 4.79 Å². The normalized spacial score (nSPS) is 13.3. The minimum atomic E-state index is 0.0526. The molecule has 0 aromatic heterocycles. The molecule has 1 amide bonds. The Labute approximate surface area is 123 Å². The number of carbonyl (C=O) groups excluding carboxylic acids is 1. The van der Waals surface area contributed by atoms with Crippen molar-refractivity contribution in [3.05, 3.63) is 35.9 Å². The lowest BCUT2D eigenvalue weighted by Gasteiger charge is -2.27. The van der Waals surface area contributed by atoms with Crippen LogP contribution in [0.15, 0.2) is 30.3 Å². The van der Waals surface area contributed by atoms with Crippen LogP contribution in [0.4, 0.5) is 0 Å². The van der Waals surface area contributed by atoms with Crippen molar-refractivity contribution in [3.63, 3.8) is 0 Å². The summed E-state index contributed by atoms with van der Waals surface area (Å²) in [6.07, 6.45) is 0.921. The van der Waals surface area contributed by atoms with Gasteiger partial charge >= 0.3 is 0 Å². The van der Waals surface area contributed by atoms with Crippen molar-refractivity contribution in [1.82, 2.24) is 10.6 Å². The maximum Gasteiger partial charge on any atom is 0.234 e. The van der Waals surface area contributed by atoms with Crippen LogP contribution in [0.3, 0.4) is 0 Å². The Morgan fingerprint density at radius 3 is 2.25 bits per heavy atom. The SMILES string of the molecule is CC(C)NCC(=O)NC(CC(C)(C)C)c1ccccc1. The molecule has 0 spiro atoms. The molecule has 0 saturated heterocycles. The van der Waals surface area contributed by atoms with Gasteiger partial charge in [0.05, 0.1) is 12.6 Å². The third-order valence-electron chi connectivity index (χ3n) is 3.02. The summed E-state index contributed by atoms with van der Waals surface area (Å²) in [6.45, 7) is 11.0. The molecule has 3 heteroatoms. The van der Waals surface area contributed by atoms with Crippen molar-refractivity contribution in [2.45, 2.75) is 53.1 Å². The van der Waals surface area contributed by atoms with E-state index in [0.29, 0.717) is 12.6 Å². The fourth-order valence-corrected chi connectivity index (χ4v) is 2.09. The molecule has 112 valence electrons. The van der Waals surface area contributed by atoms with E-state index in [1.54, 1.807) is 0 Å². The summed E-state index contributed by atoms with van der Waals surface area (Å²) >= 11 is 0. The Kier molecular flexibility index (Phi) is 6.21. The second-order valence-electron chi connectivity index (χ2n) is 6.83. The average molecular weight is 276 g/mol. The van der Waals surface area contributed by atoms with Crippen LogP contribution in [0, 0.1) is 5.41 Å². The first-order valence-electron chi connectivity index (χ1n) is 7.35. The van der Waals surface area contributed by atoms with E-state index in [0.717, 1.165) is 6.42 Å². The molecule has 0 aliphatic heterocycles. The average Bonchev–Trinajstić information content (AvgIpc) is 2.35. The number of hydrogen-bond donors (Lipinski definition) is 2. The van der Waals surface area contributed by atoms with Gasteiger partial charge in [0.2, 0.25) is 5.91 Å². The minimum Gasteiger partial charge on any atom is -0.348 e. The number of rotatable bonds is 6. The lowest BCUT2D eigenvalue weighted by molar-refractivity contribution is -0.121. The Hall–Kier alpha value is -1.35. The van der Waals surface area contributed by atoms with Crippen molar-refractivity contribution >= 4 is 5.91 Å². The van der Waals surface area contributed by atoms with Gasteiger partial charge in [-0.3, -0.25) is 4.79 Å². The van der Waals surface area contributed by atoms with E-state index < -0.39 is 0 Å². The predicted molar refractivity (Wildman–Crippen MR) is 84.5 cm³/mol. The lowest BCUT2D eigenvalue weighted by atomic mass is 9.85. The molecule has 1 aromatic carbocycles. The summed E-state index contributed by atoms with van der Waals surface area (Å²) in [6, 6.07) is 10.6. The van der Waals surface area contributed by atoms with Crippen LogP contribution in [-0.4, -0.2) is 18.5 Å². The van der Waals surface area contributed by atoms with Gasteiger partial charge in [-0.05, 0) is 17.4 Å². The summed E-state index contributed by atoms with van der Waals surface area (Å²) in [7, 11) is 0. The summed E-state index contributed by atoms with van der Waals surface area (Å²) in [5.74, 6) is 0.0526. The largest absolute Gasteiger partial charge is 0.348 e. The van der Waals surface area contributed by atoms with Crippen molar-refractivity contribution in [3.8, 4) is 0 Å². The van der Waals surface area contributed by atoms with Gasteiger partial charge in [0.1, 0.15) is 0 Å². The molecular formula is C17H28N2O. The topological polar surface area (TPSA) is 41.1 Å². The van der Waals surface area contributed by atoms with Gasteiger partial charge in [-0.2, -0.15) is 0 Å². The second kappa shape index (κ2) is 7.44. The van der Waals surface area contributed by atoms with Gasteiger partial charge in [0, 0.05) is 6.04 Å². The molecule has 3 nitrogen and oxygen atoms in total. The van der Waals surface area contributed by atoms with Crippen LogP contribution in [0.1, 0.15) is 52.6 Å². The lowest BCUT2D eigenvalue weighted by Crippen LogP contribution is -2.39. The smallest absolute Gasteiger partial charge is 0.234 e. The molecule has 1 rings (SSSR count). The highest BCUT2D eigenvalue weighted by molar-refractivity contribution is 5.78. The van der Waals surface area contributed by atoms with Crippen LogP contribution in [0.2, 0.25) is 0 Å². The molecule has 0 fully saturated rings. The van der Waals surface area contributed by atoms with E-state index >= 15 is 0 Å². The van der Waals surface area contributed by atoms with Gasteiger partial charge in [-0.25, -0.2) is 0 Å². The number of amides is 1.